The van der Waals surface area contributed by atoms with E-state index < -0.39 is 17.2 Å². The fourth-order valence-electron chi connectivity index (χ4n) is 8.70. The minimum absolute atomic E-state index is 0.0439. The number of fused-ring (bicyclic) bond motifs is 8. The van der Waals surface area contributed by atoms with Gasteiger partial charge < -0.3 is 45.1 Å². The predicted molar refractivity (Wildman–Crippen MR) is 314 cm³/mol. The minimum Gasteiger partial charge on any atom is -0.506 e. The maximum atomic E-state index is 12.7. The van der Waals surface area contributed by atoms with Gasteiger partial charge in [0, 0.05) is 54.9 Å². The molecule has 0 aliphatic rings. The summed E-state index contributed by atoms with van der Waals surface area (Å²) in [6.07, 6.45) is -4.51. The molecule has 0 radical (unpaired) electrons. The minimum atomic E-state index is -4.51. The Morgan fingerprint density at radius 2 is 0.766 bits per heavy atom. The number of benzene rings is 8. The average molecular weight is 1370 g/mol. The SMILES string of the molecule is COc1ccc2[nH]c3c(O)cc(C)cc3c(=O)c2c1.Cc1cc(O)c2[nH]c3ccc(C(F)(F)F)cc3c(=O)c2c1.O=c1c2cc(Br)c(Br)cc2[nH]c2c(O)cc(Br)cc12.O=c1c2cc(Br)ccc2[nH]c2c(O)cc(Br)cc12. The van der Waals surface area contributed by atoms with E-state index >= 15 is 0 Å². The van der Waals surface area contributed by atoms with Gasteiger partial charge in [-0.25, -0.2) is 0 Å². The number of pyridine rings is 4. The molecule has 4 heterocycles. The van der Waals surface area contributed by atoms with Crippen molar-refractivity contribution in [2.75, 3.05) is 7.11 Å². The van der Waals surface area contributed by atoms with Crippen molar-refractivity contribution in [2.24, 2.45) is 0 Å². The van der Waals surface area contributed by atoms with E-state index in [-0.39, 0.29) is 61.1 Å². The number of ether oxygens (including phenoxy) is 1. The van der Waals surface area contributed by atoms with E-state index in [2.05, 4.69) is 99.6 Å². The van der Waals surface area contributed by atoms with E-state index in [1.54, 1.807) is 80.8 Å². The molecule has 0 bridgehead atoms. The summed E-state index contributed by atoms with van der Waals surface area (Å²) in [7, 11) is 1.56. The number of aryl methyl sites for hydroxylation is 2. The highest BCUT2D eigenvalue weighted by Crippen LogP contribution is 2.34. The van der Waals surface area contributed by atoms with Crippen LogP contribution in [-0.4, -0.2) is 47.5 Å². The second kappa shape index (κ2) is 21.3. The lowest BCUT2D eigenvalue weighted by molar-refractivity contribution is -0.137. The Morgan fingerprint density at radius 3 is 1.23 bits per heavy atom. The van der Waals surface area contributed by atoms with Crippen LogP contribution in [0.3, 0.4) is 0 Å². The second-order valence-corrected chi connectivity index (χ2v) is 22.1. The molecule has 4 aromatic heterocycles. The third-order valence-corrected chi connectivity index (χ3v) is 15.6. The number of rotatable bonds is 1. The van der Waals surface area contributed by atoms with Crippen molar-refractivity contribution in [3.63, 3.8) is 0 Å². The van der Waals surface area contributed by atoms with Gasteiger partial charge in [0.25, 0.3) is 0 Å². The highest BCUT2D eigenvalue weighted by Gasteiger charge is 2.31. The normalized spacial score (nSPS) is 11.5. The lowest BCUT2D eigenvalue weighted by Gasteiger charge is -2.09. The van der Waals surface area contributed by atoms with E-state index in [1.165, 1.54) is 18.2 Å². The fraction of sp³-hybridized carbons (Fsp3) is 0.0714. The molecule has 0 aliphatic heterocycles. The van der Waals surface area contributed by atoms with Crippen molar-refractivity contribution < 1.29 is 38.3 Å². The molecule has 0 atom stereocenters. The van der Waals surface area contributed by atoms with E-state index in [0.29, 0.717) is 85.7 Å². The largest absolute Gasteiger partial charge is 0.506 e. The number of alkyl halides is 3. The standard InChI is InChI=1S/C15H10F3NO2.C15H13NO3.C13H6Br3NO2.C13H7Br2NO2/c1-7-4-10-13(12(20)5-7)19-11-3-2-8(15(16,17)18)6-9(11)14(10)21;1-8-5-11-14(13(17)6-8)16-12-4-3-9(19-2)7-10(12)15(11)18;14-5-1-7-12(11(18)2-5)17-10-4-9(16)8(15)3-6(10)13(7)19;14-6-1-2-10-8(3-6)13(18)9-4-7(15)5-11(17)12(9)16-10/h2-6,20H,1H3,(H,19,21);3-7,17H,1-2H3,(H,16,18);1-4,18H,(H,17,19);1-5,17H,(H,16,18). The number of methoxy groups -OCH3 is 1. The molecule has 77 heavy (non-hydrogen) atoms. The quantitative estimate of drug-likeness (QED) is 0.0732. The second-order valence-electron chi connectivity index (χ2n) is 17.6. The molecule has 0 unspecified atom stereocenters. The van der Waals surface area contributed by atoms with Crippen LogP contribution in [0, 0.1) is 13.8 Å². The molecule has 12 aromatic rings. The Kier molecular flexibility index (Phi) is 15.1. The zero-order valence-corrected chi connectivity index (χ0v) is 47.8. The number of hydrogen-bond donors (Lipinski definition) is 8. The summed E-state index contributed by atoms with van der Waals surface area (Å²) in [6, 6.07) is 30.1. The summed E-state index contributed by atoms with van der Waals surface area (Å²) in [5, 5.41) is 42.9. The van der Waals surface area contributed by atoms with Crippen molar-refractivity contribution >= 4 is 167 Å². The Labute approximate surface area is 472 Å². The Morgan fingerprint density at radius 1 is 0.403 bits per heavy atom. The lowest BCUT2D eigenvalue weighted by atomic mass is 10.1. The van der Waals surface area contributed by atoms with Gasteiger partial charge in [-0.3, -0.25) is 19.2 Å². The van der Waals surface area contributed by atoms with Crippen molar-refractivity contribution in [1.82, 2.24) is 19.9 Å². The molecule has 0 amide bonds. The summed E-state index contributed by atoms with van der Waals surface area (Å²) in [6.45, 7) is 3.53. The molecule has 8 aromatic carbocycles. The van der Waals surface area contributed by atoms with Crippen LogP contribution in [0.5, 0.6) is 28.7 Å². The van der Waals surface area contributed by atoms with Gasteiger partial charge in [-0.05, 0) is 172 Å². The molecule has 8 N–H and O–H groups in total. The van der Waals surface area contributed by atoms with Gasteiger partial charge in [0.05, 0.1) is 67.3 Å². The summed E-state index contributed by atoms with van der Waals surface area (Å²) < 4.78 is 47.2. The molecular formula is C56H36Br5F3N4O9. The lowest BCUT2D eigenvalue weighted by Crippen LogP contribution is -2.09. The zero-order valence-electron chi connectivity index (χ0n) is 39.8. The molecule has 0 aliphatic carbocycles. The molecule has 13 nitrogen and oxygen atoms in total. The van der Waals surface area contributed by atoms with Crippen LogP contribution in [0.1, 0.15) is 16.7 Å². The monoisotopic (exact) mass is 1360 g/mol. The topological polar surface area (TPSA) is 222 Å². The summed E-state index contributed by atoms with van der Waals surface area (Å²) >= 11 is 16.7. The van der Waals surface area contributed by atoms with Crippen molar-refractivity contribution in [3.8, 4) is 28.7 Å². The molecule has 0 saturated carbocycles. The van der Waals surface area contributed by atoms with E-state index in [0.717, 1.165) is 31.1 Å². The van der Waals surface area contributed by atoms with Crippen LogP contribution in [0.25, 0.3) is 87.2 Å². The molecule has 0 saturated heterocycles. The molecule has 12 rings (SSSR count). The first-order valence-electron chi connectivity index (χ1n) is 22.6. The summed E-state index contributed by atoms with van der Waals surface area (Å²) in [4.78, 5) is 61.8. The summed E-state index contributed by atoms with van der Waals surface area (Å²) in [5.41, 5.74) is 3.64. The van der Waals surface area contributed by atoms with Gasteiger partial charge in [-0.15, -0.1) is 0 Å². The number of halogens is 8. The number of aromatic nitrogens is 4. The predicted octanol–water partition coefficient (Wildman–Crippen LogP) is 15.0. The van der Waals surface area contributed by atoms with E-state index in [4.69, 9.17) is 4.74 Å². The van der Waals surface area contributed by atoms with Crippen LogP contribution in [0.2, 0.25) is 0 Å². The fourth-order valence-corrected chi connectivity index (χ4v) is 10.6. The highest BCUT2D eigenvalue weighted by molar-refractivity contribution is 9.13. The van der Waals surface area contributed by atoms with Gasteiger partial charge >= 0.3 is 6.18 Å². The van der Waals surface area contributed by atoms with E-state index in [1.807, 2.05) is 25.1 Å². The number of H-pyrrole nitrogens is 4. The third-order valence-electron chi connectivity index (χ3n) is 12.3. The number of phenolic OH excluding ortho intramolecular Hbond substituents is 4. The average Bonchev–Trinajstić information content (AvgIpc) is 3.39. The van der Waals surface area contributed by atoms with Gasteiger partial charge in [-0.2, -0.15) is 13.2 Å². The molecule has 0 fully saturated rings. The number of nitrogens with one attached hydrogen (secondary N) is 4. The highest BCUT2D eigenvalue weighted by atomic mass is 79.9. The van der Waals surface area contributed by atoms with Crippen LogP contribution >= 0.6 is 79.6 Å². The molecule has 390 valence electrons. The summed E-state index contributed by atoms with van der Waals surface area (Å²) in [5.74, 6) is 0.714. The maximum absolute atomic E-state index is 12.7. The van der Waals surface area contributed by atoms with Crippen LogP contribution in [0.15, 0.2) is 157 Å². The first-order valence-corrected chi connectivity index (χ1v) is 26.5. The molecular weight excluding hydrogens is 1330 g/mol. The van der Waals surface area contributed by atoms with Crippen molar-refractivity contribution in [3.05, 3.63) is 195 Å². The van der Waals surface area contributed by atoms with Crippen molar-refractivity contribution in [1.29, 1.82) is 0 Å². The van der Waals surface area contributed by atoms with E-state index in [9.17, 15) is 52.8 Å². The molecule has 0 spiro atoms. The maximum Gasteiger partial charge on any atom is 0.416 e. The van der Waals surface area contributed by atoms with Gasteiger partial charge in [0.2, 0.25) is 0 Å². The smallest absolute Gasteiger partial charge is 0.416 e. The first-order chi connectivity index (χ1) is 36.4. The number of phenols is 4. The van der Waals surface area contributed by atoms with Crippen molar-refractivity contribution in [2.45, 2.75) is 20.0 Å². The van der Waals surface area contributed by atoms with Crippen LogP contribution < -0.4 is 26.5 Å². The molecule has 21 heteroatoms. The van der Waals surface area contributed by atoms with Crippen LogP contribution in [-0.2, 0) is 6.18 Å². The first kappa shape index (κ1) is 54.6. The van der Waals surface area contributed by atoms with Gasteiger partial charge in [-0.1, -0.05) is 47.8 Å². The van der Waals surface area contributed by atoms with Gasteiger partial charge in [0.15, 0.2) is 21.7 Å². The Hall–Kier alpha value is -7.17. The number of aromatic amines is 4. The number of aromatic hydroxyl groups is 4. The van der Waals surface area contributed by atoms with Crippen LogP contribution in [0.4, 0.5) is 13.2 Å². The van der Waals surface area contributed by atoms with Gasteiger partial charge in [0.1, 0.15) is 28.7 Å². The Bertz CT molecular complexity index is 4700. The zero-order chi connectivity index (χ0) is 55.5. The Balaban J connectivity index is 0.000000125. The third kappa shape index (κ3) is 10.9. The number of hydrogen-bond acceptors (Lipinski definition) is 9.